The lowest BCUT2D eigenvalue weighted by Gasteiger charge is -2.05. The summed E-state index contributed by atoms with van der Waals surface area (Å²) >= 11 is 0. The number of hydrogen-bond acceptors (Lipinski definition) is 2. The first-order valence-corrected chi connectivity index (χ1v) is 7.47. The standard InChI is InChI=1S/C17H20N4O/c1-11-14(12(2)21-20-11)7-8-18-17(22)9-13-10-19-16-6-4-3-5-15(13)16/h3-6,10,19H,7-9H2,1-2H3,(H,18,22)(H,20,21). The van der Waals surface area contributed by atoms with Gasteiger partial charge in [-0.25, -0.2) is 0 Å². The Labute approximate surface area is 129 Å². The highest BCUT2D eigenvalue weighted by atomic mass is 16.1. The van der Waals surface area contributed by atoms with E-state index in [0.29, 0.717) is 13.0 Å². The van der Waals surface area contributed by atoms with Crippen molar-refractivity contribution in [1.29, 1.82) is 0 Å². The molecule has 2 aromatic heterocycles. The van der Waals surface area contributed by atoms with Crippen molar-refractivity contribution < 1.29 is 4.79 Å². The number of nitrogens with one attached hydrogen (secondary N) is 3. The van der Waals surface area contributed by atoms with Crippen molar-refractivity contribution in [3.8, 4) is 0 Å². The van der Waals surface area contributed by atoms with Crippen LogP contribution in [0, 0.1) is 13.8 Å². The molecule has 0 saturated carbocycles. The third-order valence-electron chi connectivity index (χ3n) is 4.00. The zero-order chi connectivity index (χ0) is 15.5. The molecule has 0 saturated heterocycles. The Kier molecular flexibility index (Phi) is 3.96. The number of nitrogens with zero attached hydrogens (tertiary/aromatic N) is 1. The second kappa shape index (κ2) is 6.05. The summed E-state index contributed by atoms with van der Waals surface area (Å²) in [5, 5.41) is 11.2. The first kappa shape index (κ1) is 14.4. The summed E-state index contributed by atoms with van der Waals surface area (Å²) in [7, 11) is 0. The molecule has 22 heavy (non-hydrogen) atoms. The van der Waals surface area contributed by atoms with Crippen LogP contribution in [0.2, 0.25) is 0 Å². The van der Waals surface area contributed by atoms with Gasteiger partial charge < -0.3 is 10.3 Å². The van der Waals surface area contributed by atoms with Crippen LogP contribution in [-0.2, 0) is 17.6 Å². The summed E-state index contributed by atoms with van der Waals surface area (Å²) in [6.45, 7) is 4.61. The summed E-state index contributed by atoms with van der Waals surface area (Å²) < 4.78 is 0. The Balaban J connectivity index is 1.57. The second-order valence-electron chi connectivity index (χ2n) is 5.55. The van der Waals surface area contributed by atoms with E-state index in [1.54, 1.807) is 0 Å². The molecule has 1 amide bonds. The highest BCUT2D eigenvalue weighted by Gasteiger charge is 2.10. The molecular formula is C17H20N4O. The molecule has 0 unspecified atom stereocenters. The smallest absolute Gasteiger partial charge is 0.224 e. The minimum Gasteiger partial charge on any atom is -0.361 e. The van der Waals surface area contributed by atoms with E-state index in [1.807, 2.05) is 44.3 Å². The number of benzene rings is 1. The lowest BCUT2D eigenvalue weighted by Crippen LogP contribution is -2.27. The zero-order valence-electron chi connectivity index (χ0n) is 12.9. The van der Waals surface area contributed by atoms with E-state index in [4.69, 9.17) is 0 Å². The fourth-order valence-corrected chi connectivity index (χ4v) is 2.78. The molecule has 5 nitrogen and oxygen atoms in total. The van der Waals surface area contributed by atoms with Crippen LogP contribution in [0.3, 0.4) is 0 Å². The topological polar surface area (TPSA) is 73.6 Å². The number of H-pyrrole nitrogens is 2. The summed E-state index contributed by atoms with van der Waals surface area (Å²) in [4.78, 5) is 15.3. The molecule has 0 fully saturated rings. The van der Waals surface area contributed by atoms with Gasteiger partial charge >= 0.3 is 0 Å². The minimum absolute atomic E-state index is 0.0450. The number of aryl methyl sites for hydroxylation is 2. The van der Waals surface area contributed by atoms with Crippen LogP contribution in [0.4, 0.5) is 0 Å². The van der Waals surface area contributed by atoms with Gasteiger partial charge in [-0.15, -0.1) is 0 Å². The lowest BCUT2D eigenvalue weighted by molar-refractivity contribution is -0.120. The number of rotatable bonds is 5. The molecule has 0 spiro atoms. The van der Waals surface area contributed by atoms with Crippen LogP contribution in [0.15, 0.2) is 30.5 Å². The van der Waals surface area contributed by atoms with Crippen LogP contribution in [0.5, 0.6) is 0 Å². The molecule has 3 aromatic rings. The van der Waals surface area contributed by atoms with E-state index >= 15 is 0 Å². The first-order valence-electron chi connectivity index (χ1n) is 7.47. The number of carbonyl (C=O) groups excluding carboxylic acids is 1. The summed E-state index contributed by atoms with van der Waals surface area (Å²) in [5.74, 6) is 0.0450. The molecule has 0 aliphatic rings. The van der Waals surface area contributed by atoms with Gasteiger partial charge in [0, 0.05) is 29.3 Å². The molecular weight excluding hydrogens is 276 g/mol. The van der Waals surface area contributed by atoms with Gasteiger partial charge in [0.15, 0.2) is 0 Å². The number of carbonyl (C=O) groups is 1. The fourth-order valence-electron chi connectivity index (χ4n) is 2.78. The molecule has 5 heteroatoms. The van der Waals surface area contributed by atoms with Crippen molar-refractivity contribution in [3.05, 3.63) is 53.0 Å². The molecule has 0 aliphatic carbocycles. The molecule has 0 atom stereocenters. The van der Waals surface area contributed by atoms with Gasteiger partial charge in [-0.3, -0.25) is 9.89 Å². The van der Waals surface area contributed by atoms with E-state index in [-0.39, 0.29) is 5.91 Å². The van der Waals surface area contributed by atoms with Gasteiger partial charge in [0.25, 0.3) is 0 Å². The second-order valence-corrected chi connectivity index (χ2v) is 5.55. The molecule has 3 rings (SSSR count). The maximum absolute atomic E-state index is 12.1. The molecule has 0 bridgehead atoms. The van der Waals surface area contributed by atoms with Crippen LogP contribution in [0.1, 0.15) is 22.5 Å². The molecule has 114 valence electrons. The van der Waals surface area contributed by atoms with E-state index in [9.17, 15) is 4.79 Å². The number of fused-ring (bicyclic) bond motifs is 1. The predicted octanol–water partition coefficient (Wildman–Crippen LogP) is 2.41. The zero-order valence-corrected chi connectivity index (χ0v) is 12.9. The van der Waals surface area contributed by atoms with Crippen molar-refractivity contribution >= 4 is 16.8 Å². The van der Waals surface area contributed by atoms with Gasteiger partial charge in [-0.05, 0) is 37.5 Å². The predicted molar refractivity (Wildman–Crippen MR) is 86.8 cm³/mol. The third kappa shape index (κ3) is 2.88. The fraction of sp³-hybridized carbons (Fsp3) is 0.294. The number of aromatic amines is 2. The SMILES string of the molecule is Cc1n[nH]c(C)c1CCNC(=O)Cc1c[nH]c2ccccc12. The van der Waals surface area contributed by atoms with E-state index < -0.39 is 0 Å². The van der Waals surface area contributed by atoms with Crippen molar-refractivity contribution in [1.82, 2.24) is 20.5 Å². The summed E-state index contributed by atoms with van der Waals surface area (Å²) in [5.41, 5.74) is 5.36. The van der Waals surface area contributed by atoms with E-state index in [2.05, 4.69) is 20.5 Å². The van der Waals surface area contributed by atoms with E-state index in [0.717, 1.165) is 34.3 Å². The molecule has 0 aliphatic heterocycles. The minimum atomic E-state index is 0.0450. The number of hydrogen-bond donors (Lipinski definition) is 3. The van der Waals surface area contributed by atoms with Crippen molar-refractivity contribution in [2.45, 2.75) is 26.7 Å². The Bertz CT molecular complexity index is 780. The third-order valence-corrected chi connectivity index (χ3v) is 4.00. The monoisotopic (exact) mass is 296 g/mol. The largest absolute Gasteiger partial charge is 0.361 e. The maximum Gasteiger partial charge on any atom is 0.224 e. The number of amides is 1. The Morgan fingerprint density at radius 2 is 2.09 bits per heavy atom. The quantitative estimate of drug-likeness (QED) is 0.676. The molecule has 3 N–H and O–H groups in total. The van der Waals surface area contributed by atoms with Crippen LogP contribution in [-0.4, -0.2) is 27.6 Å². The van der Waals surface area contributed by atoms with Crippen molar-refractivity contribution in [2.75, 3.05) is 6.54 Å². The Morgan fingerprint density at radius 3 is 2.86 bits per heavy atom. The van der Waals surface area contributed by atoms with Crippen molar-refractivity contribution in [3.63, 3.8) is 0 Å². The van der Waals surface area contributed by atoms with Gasteiger partial charge in [0.1, 0.15) is 0 Å². The Hall–Kier alpha value is -2.56. The van der Waals surface area contributed by atoms with Crippen LogP contribution >= 0.6 is 0 Å². The first-order chi connectivity index (χ1) is 10.6. The molecule has 2 heterocycles. The molecule has 1 aromatic carbocycles. The summed E-state index contributed by atoms with van der Waals surface area (Å²) in [6, 6.07) is 8.02. The average molecular weight is 296 g/mol. The van der Waals surface area contributed by atoms with Gasteiger partial charge in [0.05, 0.1) is 12.1 Å². The highest BCUT2D eigenvalue weighted by Crippen LogP contribution is 2.18. The normalized spacial score (nSPS) is 11.0. The van der Waals surface area contributed by atoms with Crippen LogP contribution in [0.25, 0.3) is 10.9 Å². The van der Waals surface area contributed by atoms with Crippen LogP contribution < -0.4 is 5.32 Å². The Morgan fingerprint density at radius 1 is 1.27 bits per heavy atom. The van der Waals surface area contributed by atoms with Gasteiger partial charge in [-0.2, -0.15) is 5.10 Å². The lowest BCUT2D eigenvalue weighted by atomic mass is 10.1. The highest BCUT2D eigenvalue weighted by molar-refractivity contribution is 5.88. The van der Waals surface area contributed by atoms with E-state index in [1.165, 1.54) is 5.56 Å². The maximum atomic E-state index is 12.1. The number of aromatic nitrogens is 3. The average Bonchev–Trinajstić information content (AvgIpc) is 3.05. The summed E-state index contributed by atoms with van der Waals surface area (Å²) in [6.07, 6.45) is 3.11. The van der Waals surface area contributed by atoms with Gasteiger partial charge in [0.2, 0.25) is 5.91 Å². The van der Waals surface area contributed by atoms with Gasteiger partial charge in [-0.1, -0.05) is 18.2 Å². The molecule has 0 radical (unpaired) electrons. The number of para-hydroxylation sites is 1. The van der Waals surface area contributed by atoms with Crippen molar-refractivity contribution in [2.24, 2.45) is 0 Å².